The van der Waals surface area contributed by atoms with Crippen molar-refractivity contribution in [2.75, 3.05) is 26.4 Å². The minimum Gasteiger partial charge on any atom is -0.398 e. The van der Waals surface area contributed by atoms with Gasteiger partial charge < -0.3 is 15.2 Å². The van der Waals surface area contributed by atoms with Crippen LogP contribution in [0, 0.1) is 0 Å². The molecule has 0 amide bonds. The highest BCUT2D eigenvalue weighted by atomic mass is 35.5. The van der Waals surface area contributed by atoms with Gasteiger partial charge in [-0.2, -0.15) is 0 Å². The molecule has 5 heteroatoms. The number of aryl methyl sites for hydroxylation is 2. The highest BCUT2D eigenvalue weighted by molar-refractivity contribution is 6.31. The molecule has 0 aliphatic heterocycles. The Labute approximate surface area is 159 Å². The van der Waals surface area contributed by atoms with Gasteiger partial charge in [-0.05, 0) is 76.9 Å². The Morgan fingerprint density at radius 3 is 2.81 bits per heavy atom. The van der Waals surface area contributed by atoms with Crippen molar-refractivity contribution in [1.29, 1.82) is 0 Å². The average Bonchev–Trinajstić information content (AvgIpc) is 2.92. The molecule has 0 unspecified atom stereocenters. The summed E-state index contributed by atoms with van der Waals surface area (Å²) in [7, 11) is 4.24. The molecule has 0 saturated heterocycles. The van der Waals surface area contributed by atoms with Crippen LogP contribution in [0.2, 0.25) is 5.02 Å². The van der Waals surface area contributed by atoms with E-state index in [4.69, 9.17) is 22.3 Å². The Morgan fingerprint density at radius 2 is 2.00 bits per heavy atom. The molecule has 26 heavy (non-hydrogen) atoms. The summed E-state index contributed by atoms with van der Waals surface area (Å²) in [6.45, 7) is 2.04. The summed E-state index contributed by atoms with van der Waals surface area (Å²) in [5, 5.41) is 3.05. The monoisotopic (exact) mass is 370 g/mol. The van der Waals surface area contributed by atoms with Crippen LogP contribution in [0.3, 0.4) is 0 Å². The maximum Gasteiger partial charge on any atom is 0.143 e. The number of fused-ring (bicyclic) bond motifs is 4. The van der Waals surface area contributed by atoms with Gasteiger partial charge in [0.05, 0.1) is 10.9 Å². The van der Waals surface area contributed by atoms with E-state index in [1.807, 2.05) is 6.07 Å². The minimum absolute atomic E-state index is 0.762. The summed E-state index contributed by atoms with van der Waals surface area (Å²) >= 11 is 6.32. The number of aromatic nitrogens is 2. The lowest BCUT2D eigenvalue weighted by Gasteiger charge is -2.18. The van der Waals surface area contributed by atoms with Crippen molar-refractivity contribution in [3.8, 4) is 0 Å². The third-order valence-electron chi connectivity index (χ3n) is 5.51. The largest absolute Gasteiger partial charge is 0.398 e. The van der Waals surface area contributed by atoms with Crippen LogP contribution in [0.1, 0.15) is 36.9 Å². The molecule has 4 rings (SSSR count). The smallest absolute Gasteiger partial charge is 0.143 e. The molecule has 0 radical (unpaired) electrons. The van der Waals surface area contributed by atoms with Gasteiger partial charge in [0.1, 0.15) is 5.65 Å². The minimum atomic E-state index is 0.762. The lowest BCUT2D eigenvalue weighted by Crippen LogP contribution is -2.14. The number of nitrogen functional groups attached to an aromatic ring is 1. The summed E-state index contributed by atoms with van der Waals surface area (Å²) in [5.41, 5.74) is 12.2. The van der Waals surface area contributed by atoms with Crippen molar-refractivity contribution in [3.05, 3.63) is 34.5 Å². The Balaban J connectivity index is 1.86. The van der Waals surface area contributed by atoms with Gasteiger partial charge in [0.15, 0.2) is 0 Å². The number of nitrogens with two attached hydrogens (primary N) is 1. The van der Waals surface area contributed by atoms with E-state index in [1.165, 1.54) is 29.5 Å². The van der Waals surface area contributed by atoms with Crippen LogP contribution in [0.5, 0.6) is 0 Å². The van der Waals surface area contributed by atoms with Gasteiger partial charge in [-0.25, -0.2) is 4.98 Å². The first-order valence-corrected chi connectivity index (χ1v) is 9.97. The van der Waals surface area contributed by atoms with Gasteiger partial charge in [0.25, 0.3) is 0 Å². The second kappa shape index (κ2) is 7.09. The molecule has 1 aromatic carbocycles. The Morgan fingerprint density at radius 1 is 1.19 bits per heavy atom. The van der Waals surface area contributed by atoms with E-state index < -0.39 is 0 Å². The van der Waals surface area contributed by atoms with Crippen molar-refractivity contribution in [3.63, 3.8) is 0 Å². The van der Waals surface area contributed by atoms with E-state index in [0.717, 1.165) is 66.0 Å². The maximum absolute atomic E-state index is 6.66. The van der Waals surface area contributed by atoms with E-state index in [0.29, 0.717) is 0 Å². The number of unbranched alkanes of at least 4 members (excludes halogenated alkanes) is 1. The van der Waals surface area contributed by atoms with E-state index in [2.05, 4.69) is 35.7 Å². The molecule has 0 fully saturated rings. The predicted molar refractivity (Wildman–Crippen MR) is 111 cm³/mol. The summed E-state index contributed by atoms with van der Waals surface area (Å²) in [5.74, 6) is 0. The molecule has 2 aromatic heterocycles. The lowest BCUT2D eigenvalue weighted by molar-refractivity contribution is 0.389. The number of rotatable bonds is 5. The molecule has 3 aromatic rings. The Kier molecular flexibility index (Phi) is 4.80. The summed E-state index contributed by atoms with van der Waals surface area (Å²) in [6.07, 6.45) is 6.78. The zero-order chi connectivity index (χ0) is 18.3. The molecule has 0 spiro atoms. The van der Waals surface area contributed by atoms with Crippen molar-refractivity contribution in [2.45, 2.75) is 45.1 Å². The molecule has 2 heterocycles. The van der Waals surface area contributed by atoms with E-state index in [9.17, 15) is 0 Å². The van der Waals surface area contributed by atoms with E-state index in [-0.39, 0.29) is 0 Å². The fourth-order valence-electron chi connectivity index (χ4n) is 4.20. The van der Waals surface area contributed by atoms with Crippen LogP contribution in [-0.2, 0) is 19.4 Å². The quantitative estimate of drug-likeness (QED) is 0.665. The van der Waals surface area contributed by atoms with Gasteiger partial charge in [-0.1, -0.05) is 17.7 Å². The van der Waals surface area contributed by atoms with Crippen molar-refractivity contribution >= 4 is 39.2 Å². The second-order valence-electron chi connectivity index (χ2n) is 7.68. The van der Waals surface area contributed by atoms with Crippen LogP contribution < -0.4 is 5.73 Å². The Hall–Kier alpha value is -1.78. The van der Waals surface area contributed by atoms with Crippen LogP contribution in [0.25, 0.3) is 21.9 Å². The van der Waals surface area contributed by atoms with Crippen molar-refractivity contribution in [1.82, 2.24) is 14.5 Å². The number of pyridine rings is 1. The van der Waals surface area contributed by atoms with Crippen LogP contribution in [0.4, 0.5) is 5.69 Å². The van der Waals surface area contributed by atoms with Crippen LogP contribution >= 0.6 is 11.6 Å². The molecule has 0 bridgehead atoms. The first-order valence-electron chi connectivity index (χ1n) is 9.59. The number of nitrogens with zero attached hydrogens (tertiary/aromatic N) is 3. The normalized spacial score (nSPS) is 14.5. The summed E-state index contributed by atoms with van der Waals surface area (Å²) in [4.78, 5) is 7.32. The van der Waals surface area contributed by atoms with Crippen LogP contribution in [0.15, 0.2) is 18.2 Å². The Bertz CT molecular complexity index is 958. The summed E-state index contributed by atoms with van der Waals surface area (Å²) in [6, 6.07) is 6.12. The second-order valence-corrected chi connectivity index (χ2v) is 8.12. The number of hydrogen-bond donors (Lipinski definition) is 1. The summed E-state index contributed by atoms with van der Waals surface area (Å²) < 4.78 is 2.33. The molecule has 0 atom stereocenters. The van der Waals surface area contributed by atoms with Crippen molar-refractivity contribution < 1.29 is 0 Å². The first-order chi connectivity index (χ1) is 12.6. The third-order valence-corrected chi connectivity index (χ3v) is 5.75. The maximum atomic E-state index is 6.66. The molecule has 1 aliphatic carbocycles. The van der Waals surface area contributed by atoms with Gasteiger partial charge in [-0.15, -0.1) is 0 Å². The number of benzene rings is 1. The molecular weight excluding hydrogens is 344 g/mol. The topological polar surface area (TPSA) is 47.1 Å². The van der Waals surface area contributed by atoms with Crippen LogP contribution in [-0.4, -0.2) is 35.1 Å². The number of halogens is 1. The predicted octanol–water partition coefficient (Wildman–Crippen LogP) is 4.65. The molecule has 0 saturated carbocycles. The molecule has 138 valence electrons. The van der Waals surface area contributed by atoms with Gasteiger partial charge in [-0.3, -0.25) is 0 Å². The fourth-order valence-corrected chi connectivity index (χ4v) is 4.36. The van der Waals surface area contributed by atoms with Gasteiger partial charge >= 0.3 is 0 Å². The SMILES string of the molecule is CN(C)CCCCn1c2cc(Cl)ccc2c2c(N)c3c(nc21)CCCC3. The van der Waals surface area contributed by atoms with E-state index in [1.54, 1.807) is 0 Å². The molecule has 4 nitrogen and oxygen atoms in total. The van der Waals surface area contributed by atoms with Crippen molar-refractivity contribution in [2.24, 2.45) is 0 Å². The molecular formula is C21H27ClN4. The zero-order valence-electron chi connectivity index (χ0n) is 15.7. The standard InChI is InChI=1S/C21H27ClN4/c1-25(2)11-5-6-12-26-18-13-14(22)9-10-16(18)19-20(23)15-7-3-4-8-17(15)24-21(19)26/h9-10,13H,3-8,11-12H2,1-2H3,(H2,23,24). The van der Waals surface area contributed by atoms with Gasteiger partial charge in [0.2, 0.25) is 0 Å². The fraction of sp³-hybridized carbons (Fsp3) is 0.476. The highest BCUT2D eigenvalue weighted by Crippen LogP contribution is 2.38. The zero-order valence-corrected chi connectivity index (χ0v) is 16.4. The van der Waals surface area contributed by atoms with Gasteiger partial charge in [0, 0.05) is 28.3 Å². The molecule has 2 N–H and O–H groups in total. The lowest BCUT2D eigenvalue weighted by atomic mass is 9.93. The first kappa shape index (κ1) is 17.6. The average molecular weight is 371 g/mol. The third kappa shape index (κ3) is 3.06. The highest BCUT2D eigenvalue weighted by Gasteiger charge is 2.21. The number of anilines is 1. The van der Waals surface area contributed by atoms with E-state index >= 15 is 0 Å². The molecule has 1 aliphatic rings. The number of hydrogen-bond acceptors (Lipinski definition) is 3.